The predicted molar refractivity (Wildman–Crippen MR) is 115 cm³/mol. The maximum atomic E-state index is 12.0. The lowest BCUT2D eigenvalue weighted by Crippen LogP contribution is -2.39. The molecular weight excluding hydrogens is 424 g/mol. The van der Waals surface area contributed by atoms with Crippen molar-refractivity contribution < 1.29 is 17.9 Å². The monoisotopic (exact) mass is 448 g/mol. The Kier molecular flexibility index (Phi) is 5.54. The van der Waals surface area contributed by atoms with Crippen molar-refractivity contribution in [2.24, 2.45) is 0 Å². The van der Waals surface area contributed by atoms with Crippen LogP contribution >= 0.6 is 11.3 Å². The lowest BCUT2D eigenvalue weighted by atomic mass is 9.98. The van der Waals surface area contributed by atoms with Gasteiger partial charge in [0.2, 0.25) is 4.96 Å². The van der Waals surface area contributed by atoms with Crippen LogP contribution in [0.1, 0.15) is 37.6 Å². The van der Waals surface area contributed by atoms with E-state index < -0.39 is 9.84 Å². The van der Waals surface area contributed by atoms with Crippen LogP contribution in [-0.2, 0) is 14.6 Å². The second-order valence-corrected chi connectivity index (χ2v) is 10.8. The van der Waals surface area contributed by atoms with Crippen LogP contribution in [0, 0.1) is 0 Å². The van der Waals surface area contributed by atoms with E-state index in [0.29, 0.717) is 19.0 Å². The van der Waals surface area contributed by atoms with Crippen molar-refractivity contribution in [3.63, 3.8) is 0 Å². The second kappa shape index (κ2) is 7.99. The Bertz CT molecular complexity index is 1130. The van der Waals surface area contributed by atoms with Gasteiger partial charge in [-0.15, -0.1) is 0 Å². The van der Waals surface area contributed by atoms with Crippen molar-refractivity contribution >= 4 is 32.2 Å². The summed E-state index contributed by atoms with van der Waals surface area (Å²) in [6, 6.07) is 6.70. The smallest absolute Gasteiger partial charge is 0.410 e. The van der Waals surface area contributed by atoms with Gasteiger partial charge >= 0.3 is 6.09 Å². The fourth-order valence-corrected chi connectivity index (χ4v) is 5.16. The van der Waals surface area contributed by atoms with Gasteiger partial charge in [-0.05, 0) is 38.8 Å². The summed E-state index contributed by atoms with van der Waals surface area (Å²) in [5, 5.41) is 5.72. The van der Waals surface area contributed by atoms with Crippen LogP contribution in [0.2, 0.25) is 0 Å². The van der Waals surface area contributed by atoms with Crippen LogP contribution in [0.3, 0.4) is 0 Å². The van der Waals surface area contributed by atoms with E-state index in [1.165, 1.54) is 6.26 Å². The Labute approximate surface area is 179 Å². The van der Waals surface area contributed by atoms with Crippen molar-refractivity contribution in [1.82, 2.24) is 19.5 Å². The molecule has 3 aromatic rings. The van der Waals surface area contributed by atoms with E-state index >= 15 is 0 Å². The summed E-state index contributed by atoms with van der Waals surface area (Å²) in [5.74, 6) is 0.303. The molecule has 0 unspecified atom stereocenters. The van der Waals surface area contributed by atoms with Crippen LogP contribution < -0.4 is 0 Å². The van der Waals surface area contributed by atoms with Crippen LogP contribution in [0.5, 0.6) is 0 Å². The van der Waals surface area contributed by atoms with Crippen LogP contribution in [0.4, 0.5) is 4.79 Å². The summed E-state index contributed by atoms with van der Waals surface area (Å²) in [4.78, 5) is 19.5. The molecule has 0 aliphatic carbocycles. The Morgan fingerprint density at radius 2 is 1.87 bits per heavy atom. The van der Waals surface area contributed by atoms with Crippen molar-refractivity contribution in [3.8, 4) is 11.3 Å². The quantitative estimate of drug-likeness (QED) is 0.605. The number of amides is 1. The molecule has 1 aromatic carbocycles. The standard InChI is InChI=1S/C20H24N4O4S2/c1-13(2)28-20(25)23-10-8-15(9-11-23)18-22-24-12-17(21-19(24)29-18)14-4-6-16(7-5-14)30(3,26)27/h4-7,12-13,15H,8-11H2,1-3H3. The normalized spacial score (nSPS) is 15.8. The first-order chi connectivity index (χ1) is 14.2. The van der Waals surface area contributed by atoms with Gasteiger partial charge in [-0.25, -0.2) is 22.7 Å². The number of ether oxygens (including phenoxy) is 1. The Morgan fingerprint density at radius 1 is 1.20 bits per heavy atom. The topological polar surface area (TPSA) is 93.9 Å². The lowest BCUT2D eigenvalue weighted by Gasteiger charge is -2.30. The summed E-state index contributed by atoms with van der Waals surface area (Å²) in [5.41, 5.74) is 1.60. The molecule has 1 fully saturated rings. The molecule has 0 N–H and O–H groups in total. The molecule has 4 rings (SSSR count). The number of fused-ring (bicyclic) bond motifs is 1. The molecular formula is C20H24N4O4S2. The predicted octanol–water partition coefficient (Wildman–Crippen LogP) is 3.59. The molecule has 1 aliphatic rings. The van der Waals surface area contributed by atoms with Crippen molar-refractivity contribution in [2.45, 2.75) is 43.6 Å². The van der Waals surface area contributed by atoms with Gasteiger partial charge in [-0.3, -0.25) is 0 Å². The molecule has 0 radical (unpaired) electrons. The number of aromatic nitrogens is 3. The van der Waals surface area contributed by atoms with Crippen LogP contribution in [-0.4, -0.2) is 59.5 Å². The third-order valence-electron chi connectivity index (χ3n) is 5.08. The van der Waals surface area contributed by atoms with E-state index in [9.17, 15) is 13.2 Å². The average Bonchev–Trinajstić information content (AvgIpc) is 3.26. The third-order valence-corrected chi connectivity index (χ3v) is 7.29. The third kappa shape index (κ3) is 4.34. The van der Waals surface area contributed by atoms with Crippen LogP contribution in [0.15, 0.2) is 35.4 Å². The van der Waals surface area contributed by atoms with Gasteiger partial charge in [0.05, 0.1) is 22.9 Å². The van der Waals surface area contributed by atoms with E-state index in [4.69, 9.17) is 9.84 Å². The van der Waals surface area contributed by atoms with Gasteiger partial charge in [-0.2, -0.15) is 5.10 Å². The lowest BCUT2D eigenvalue weighted by molar-refractivity contribution is 0.0691. The van der Waals surface area contributed by atoms with Crippen LogP contribution in [0.25, 0.3) is 16.2 Å². The molecule has 2 aromatic heterocycles. The molecule has 0 bridgehead atoms. The number of imidazole rings is 1. The number of hydrogen-bond acceptors (Lipinski definition) is 7. The Balaban J connectivity index is 1.45. The zero-order chi connectivity index (χ0) is 21.5. The van der Waals surface area contributed by atoms with Gasteiger partial charge < -0.3 is 9.64 Å². The summed E-state index contributed by atoms with van der Waals surface area (Å²) in [7, 11) is -3.22. The molecule has 3 heterocycles. The zero-order valence-corrected chi connectivity index (χ0v) is 18.7. The fraction of sp³-hybridized carbons (Fsp3) is 0.450. The summed E-state index contributed by atoms with van der Waals surface area (Å²) in [6.07, 6.45) is 4.40. The molecule has 1 aliphatic heterocycles. The molecule has 1 amide bonds. The highest BCUT2D eigenvalue weighted by molar-refractivity contribution is 7.90. The van der Waals surface area contributed by atoms with E-state index in [1.54, 1.807) is 45.0 Å². The first-order valence-corrected chi connectivity index (χ1v) is 12.5. The average molecular weight is 449 g/mol. The van der Waals surface area contributed by atoms with Gasteiger partial charge in [0.25, 0.3) is 0 Å². The molecule has 0 saturated carbocycles. The van der Waals surface area contributed by atoms with Gasteiger partial charge in [-0.1, -0.05) is 23.5 Å². The minimum absolute atomic E-state index is 0.112. The molecule has 10 heteroatoms. The highest BCUT2D eigenvalue weighted by Crippen LogP contribution is 2.32. The Morgan fingerprint density at radius 3 is 2.43 bits per heavy atom. The minimum atomic E-state index is -3.22. The van der Waals surface area contributed by atoms with Gasteiger partial charge in [0.15, 0.2) is 9.84 Å². The van der Waals surface area contributed by atoms with Crippen molar-refractivity contribution in [3.05, 3.63) is 35.5 Å². The fourth-order valence-electron chi connectivity index (χ4n) is 3.48. The summed E-state index contributed by atoms with van der Waals surface area (Å²) in [6.45, 7) is 5.03. The minimum Gasteiger partial charge on any atom is -0.447 e. The van der Waals surface area contributed by atoms with E-state index in [2.05, 4.69) is 4.98 Å². The number of carbonyl (C=O) groups is 1. The molecule has 0 spiro atoms. The molecule has 30 heavy (non-hydrogen) atoms. The van der Waals surface area contributed by atoms with Gasteiger partial charge in [0.1, 0.15) is 5.01 Å². The first-order valence-electron chi connectivity index (χ1n) is 9.83. The SMILES string of the molecule is CC(C)OC(=O)N1CCC(c2nn3cc(-c4ccc(S(C)(=O)=O)cc4)nc3s2)CC1. The molecule has 160 valence electrons. The highest BCUT2D eigenvalue weighted by Gasteiger charge is 2.27. The van der Waals surface area contributed by atoms with Gasteiger partial charge in [0, 0.05) is 30.8 Å². The molecule has 8 nitrogen and oxygen atoms in total. The number of nitrogens with zero attached hydrogens (tertiary/aromatic N) is 4. The largest absolute Gasteiger partial charge is 0.447 e. The maximum absolute atomic E-state index is 12.0. The second-order valence-electron chi connectivity index (χ2n) is 7.78. The number of likely N-dealkylation sites (tertiary alicyclic amines) is 1. The molecule has 0 atom stereocenters. The zero-order valence-electron chi connectivity index (χ0n) is 17.1. The summed E-state index contributed by atoms with van der Waals surface area (Å²) >= 11 is 1.56. The van der Waals surface area contributed by atoms with E-state index in [0.717, 1.165) is 34.1 Å². The number of carbonyl (C=O) groups excluding carboxylic acids is 1. The van der Waals surface area contributed by atoms with E-state index in [-0.39, 0.29) is 17.1 Å². The summed E-state index contributed by atoms with van der Waals surface area (Å²) < 4.78 is 30.3. The number of hydrogen-bond donors (Lipinski definition) is 0. The number of piperidine rings is 1. The highest BCUT2D eigenvalue weighted by atomic mass is 32.2. The maximum Gasteiger partial charge on any atom is 0.410 e. The van der Waals surface area contributed by atoms with E-state index in [1.807, 2.05) is 20.0 Å². The number of sulfone groups is 1. The number of rotatable bonds is 4. The van der Waals surface area contributed by atoms with Crippen molar-refractivity contribution in [1.29, 1.82) is 0 Å². The number of benzene rings is 1. The van der Waals surface area contributed by atoms with Crippen molar-refractivity contribution in [2.75, 3.05) is 19.3 Å². The Hall–Kier alpha value is -2.46. The first kappa shape index (κ1) is 20.8. The molecule has 1 saturated heterocycles.